The van der Waals surface area contributed by atoms with Crippen LogP contribution in [-0.2, 0) is 0 Å². The molecule has 0 unspecified atom stereocenters. The lowest BCUT2D eigenvalue weighted by molar-refractivity contribution is 0.0692. The number of hydrogen-bond acceptors (Lipinski definition) is 4. The normalized spacial score (nSPS) is 10.4. The molecule has 104 valence electrons. The SMILES string of the molecule is Cc1ccc(Oc2nnc(C)c(C)c2C(=O)O)cc1F. The largest absolute Gasteiger partial charge is 0.477 e. The van der Waals surface area contributed by atoms with E-state index in [-0.39, 0.29) is 17.2 Å². The van der Waals surface area contributed by atoms with Gasteiger partial charge in [0.15, 0.2) is 0 Å². The fourth-order valence-electron chi connectivity index (χ4n) is 1.66. The van der Waals surface area contributed by atoms with Crippen molar-refractivity contribution in [3.8, 4) is 11.6 Å². The van der Waals surface area contributed by atoms with Gasteiger partial charge in [0.05, 0.1) is 5.69 Å². The number of rotatable bonds is 3. The number of nitrogens with zero attached hydrogens (tertiary/aromatic N) is 2. The van der Waals surface area contributed by atoms with Crippen LogP contribution in [0, 0.1) is 26.6 Å². The molecule has 0 radical (unpaired) electrons. The van der Waals surface area contributed by atoms with E-state index in [2.05, 4.69) is 10.2 Å². The van der Waals surface area contributed by atoms with Crippen molar-refractivity contribution in [1.82, 2.24) is 10.2 Å². The number of benzene rings is 1. The highest BCUT2D eigenvalue weighted by molar-refractivity contribution is 5.92. The van der Waals surface area contributed by atoms with Crippen LogP contribution in [0.3, 0.4) is 0 Å². The van der Waals surface area contributed by atoms with Crippen LogP contribution >= 0.6 is 0 Å². The van der Waals surface area contributed by atoms with Crippen molar-refractivity contribution in [3.63, 3.8) is 0 Å². The van der Waals surface area contributed by atoms with Gasteiger partial charge in [-0.25, -0.2) is 9.18 Å². The average molecular weight is 276 g/mol. The Morgan fingerprint density at radius 3 is 2.55 bits per heavy atom. The number of aromatic nitrogens is 2. The molecule has 0 atom stereocenters. The number of carboxylic acid groups (broad SMARTS) is 1. The number of ether oxygens (including phenoxy) is 1. The zero-order chi connectivity index (χ0) is 14.9. The summed E-state index contributed by atoms with van der Waals surface area (Å²) in [4.78, 5) is 11.3. The molecular formula is C14H13FN2O3. The first-order valence-corrected chi connectivity index (χ1v) is 5.91. The van der Waals surface area contributed by atoms with Crippen molar-refractivity contribution in [1.29, 1.82) is 0 Å². The van der Waals surface area contributed by atoms with Gasteiger partial charge in [0, 0.05) is 6.07 Å². The summed E-state index contributed by atoms with van der Waals surface area (Å²) >= 11 is 0. The quantitative estimate of drug-likeness (QED) is 0.932. The van der Waals surface area contributed by atoms with Gasteiger partial charge >= 0.3 is 5.97 Å². The first kappa shape index (κ1) is 13.9. The second-order valence-electron chi connectivity index (χ2n) is 4.41. The van der Waals surface area contributed by atoms with E-state index in [1.54, 1.807) is 32.9 Å². The summed E-state index contributed by atoms with van der Waals surface area (Å²) in [6.07, 6.45) is 0. The molecule has 1 aromatic carbocycles. The van der Waals surface area contributed by atoms with Crippen LogP contribution < -0.4 is 4.74 Å². The Balaban J connectivity index is 2.45. The van der Waals surface area contributed by atoms with E-state index in [0.29, 0.717) is 16.8 Å². The lowest BCUT2D eigenvalue weighted by atomic mass is 10.1. The zero-order valence-electron chi connectivity index (χ0n) is 11.3. The Morgan fingerprint density at radius 2 is 1.95 bits per heavy atom. The molecule has 0 fully saturated rings. The lowest BCUT2D eigenvalue weighted by Crippen LogP contribution is -2.08. The Kier molecular flexibility index (Phi) is 3.65. The molecule has 0 bridgehead atoms. The topological polar surface area (TPSA) is 72.3 Å². The van der Waals surface area contributed by atoms with Crippen LogP contribution in [0.4, 0.5) is 4.39 Å². The van der Waals surface area contributed by atoms with Gasteiger partial charge in [-0.2, -0.15) is 5.10 Å². The Morgan fingerprint density at radius 1 is 1.25 bits per heavy atom. The molecule has 1 aromatic heterocycles. The van der Waals surface area contributed by atoms with Crippen molar-refractivity contribution < 1.29 is 19.0 Å². The van der Waals surface area contributed by atoms with Gasteiger partial charge in [0.1, 0.15) is 17.1 Å². The minimum absolute atomic E-state index is 0.0708. The Hall–Kier alpha value is -2.50. The van der Waals surface area contributed by atoms with Crippen LogP contribution in [0.2, 0.25) is 0 Å². The summed E-state index contributed by atoms with van der Waals surface area (Å²) in [6.45, 7) is 4.90. The fraction of sp³-hybridized carbons (Fsp3) is 0.214. The summed E-state index contributed by atoms with van der Waals surface area (Å²) in [6, 6.07) is 4.26. The van der Waals surface area contributed by atoms with Crippen LogP contribution in [0.5, 0.6) is 11.6 Å². The summed E-state index contributed by atoms with van der Waals surface area (Å²) in [7, 11) is 0. The van der Waals surface area contributed by atoms with Crippen molar-refractivity contribution in [2.45, 2.75) is 20.8 Å². The highest BCUT2D eigenvalue weighted by Gasteiger charge is 2.19. The van der Waals surface area contributed by atoms with E-state index in [9.17, 15) is 14.3 Å². The first-order valence-electron chi connectivity index (χ1n) is 5.91. The van der Waals surface area contributed by atoms with Gasteiger partial charge in [-0.1, -0.05) is 6.07 Å². The van der Waals surface area contributed by atoms with Crippen molar-refractivity contribution in [2.75, 3.05) is 0 Å². The van der Waals surface area contributed by atoms with Crippen molar-refractivity contribution in [3.05, 3.63) is 46.4 Å². The molecule has 20 heavy (non-hydrogen) atoms. The van der Waals surface area contributed by atoms with E-state index in [1.807, 2.05) is 0 Å². The van der Waals surface area contributed by atoms with E-state index >= 15 is 0 Å². The number of aromatic carboxylic acids is 1. The molecule has 0 aliphatic rings. The Labute approximate surface area is 115 Å². The molecular weight excluding hydrogens is 263 g/mol. The van der Waals surface area contributed by atoms with E-state index in [4.69, 9.17) is 4.74 Å². The molecule has 2 rings (SSSR count). The number of carboxylic acids is 1. The van der Waals surface area contributed by atoms with Crippen molar-refractivity contribution >= 4 is 5.97 Å². The average Bonchev–Trinajstić information content (AvgIpc) is 2.38. The molecule has 5 nitrogen and oxygen atoms in total. The van der Waals surface area contributed by atoms with Gasteiger partial charge in [-0.15, -0.1) is 5.10 Å². The standard InChI is InChI=1S/C14H13FN2O3/c1-7-4-5-10(6-11(7)15)20-13-12(14(18)19)8(2)9(3)16-17-13/h4-6H,1-3H3,(H,18,19). The van der Waals surface area contributed by atoms with Gasteiger partial charge in [0.25, 0.3) is 5.88 Å². The molecule has 2 aromatic rings. The van der Waals surface area contributed by atoms with Gasteiger partial charge in [-0.05, 0) is 38.0 Å². The van der Waals surface area contributed by atoms with E-state index in [1.165, 1.54) is 6.07 Å². The molecule has 0 aliphatic heterocycles. The second-order valence-corrected chi connectivity index (χ2v) is 4.41. The zero-order valence-corrected chi connectivity index (χ0v) is 11.3. The van der Waals surface area contributed by atoms with Crippen LogP contribution in [-0.4, -0.2) is 21.3 Å². The molecule has 1 heterocycles. The van der Waals surface area contributed by atoms with E-state index in [0.717, 1.165) is 0 Å². The molecule has 0 saturated heterocycles. The molecule has 0 amide bonds. The van der Waals surface area contributed by atoms with Gasteiger partial charge in [0.2, 0.25) is 0 Å². The third-order valence-corrected chi connectivity index (χ3v) is 2.99. The molecule has 0 aliphatic carbocycles. The highest BCUT2D eigenvalue weighted by atomic mass is 19.1. The predicted molar refractivity (Wildman–Crippen MR) is 69.7 cm³/mol. The highest BCUT2D eigenvalue weighted by Crippen LogP contribution is 2.27. The lowest BCUT2D eigenvalue weighted by Gasteiger charge is -2.10. The van der Waals surface area contributed by atoms with Crippen LogP contribution in [0.15, 0.2) is 18.2 Å². The minimum Gasteiger partial charge on any atom is -0.477 e. The smallest absolute Gasteiger partial charge is 0.341 e. The maximum absolute atomic E-state index is 13.5. The monoisotopic (exact) mass is 276 g/mol. The molecule has 6 heteroatoms. The minimum atomic E-state index is -1.16. The Bertz CT molecular complexity index is 686. The summed E-state index contributed by atoms with van der Waals surface area (Å²) in [5.74, 6) is -1.57. The van der Waals surface area contributed by atoms with Gasteiger partial charge in [-0.3, -0.25) is 0 Å². The molecule has 0 saturated carbocycles. The summed E-state index contributed by atoms with van der Waals surface area (Å²) in [5, 5.41) is 16.8. The number of aryl methyl sites for hydroxylation is 2. The maximum atomic E-state index is 13.5. The van der Waals surface area contributed by atoms with Gasteiger partial charge < -0.3 is 9.84 Å². The number of carbonyl (C=O) groups is 1. The second kappa shape index (κ2) is 5.24. The third kappa shape index (κ3) is 2.59. The third-order valence-electron chi connectivity index (χ3n) is 2.99. The number of halogens is 1. The summed E-state index contributed by atoms with van der Waals surface area (Å²) in [5.41, 5.74) is 1.38. The first-order chi connectivity index (χ1) is 9.40. The van der Waals surface area contributed by atoms with Crippen LogP contribution in [0.1, 0.15) is 27.2 Å². The van der Waals surface area contributed by atoms with E-state index < -0.39 is 11.8 Å². The number of hydrogen-bond donors (Lipinski definition) is 1. The van der Waals surface area contributed by atoms with Crippen LogP contribution in [0.25, 0.3) is 0 Å². The van der Waals surface area contributed by atoms with Crippen molar-refractivity contribution in [2.24, 2.45) is 0 Å². The fourth-order valence-corrected chi connectivity index (χ4v) is 1.66. The molecule has 1 N–H and O–H groups in total. The summed E-state index contributed by atoms with van der Waals surface area (Å²) < 4.78 is 18.8. The maximum Gasteiger partial charge on any atom is 0.341 e. The predicted octanol–water partition coefficient (Wildman–Crippen LogP) is 3.03. The molecule has 0 spiro atoms.